The third-order valence-electron chi connectivity index (χ3n) is 4.52. The monoisotopic (exact) mass is 343 g/mol. The van der Waals surface area contributed by atoms with E-state index in [9.17, 15) is 9.59 Å². The number of allylic oxidation sites excluding steroid dienone is 2. The fourth-order valence-corrected chi connectivity index (χ4v) is 3.55. The molecule has 134 valence electrons. The van der Waals surface area contributed by atoms with E-state index < -0.39 is 0 Å². The number of amides is 1. The van der Waals surface area contributed by atoms with Gasteiger partial charge in [-0.2, -0.15) is 0 Å². The first-order valence-electron chi connectivity index (χ1n) is 8.99. The second kappa shape index (κ2) is 7.30. The smallest absolute Gasteiger partial charge is 0.225 e. The lowest BCUT2D eigenvalue weighted by molar-refractivity contribution is -0.122. The van der Waals surface area contributed by atoms with Crippen LogP contribution in [0.4, 0.5) is 0 Å². The third kappa shape index (κ3) is 3.70. The number of ketones is 1. The molecule has 1 aromatic carbocycles. The SMILES string of the molecule is CCOc1cc([C@H]2CC(=O)NC3=C2C(=O)CCC3)ccc1OC(C)C. The highest BCUT2D eigenvalue weighted by molar-refractivity contribution is 6.01. The van der Waals surface area contributed by atoms with Gasteiger partial charge in [0.15, 0.2) is 17.3 Å². The van der Waals surface area contributed by atoms with E-state index in [0.29, 0.717) is 30.9 Å². The van der Waals surface area contributed by atoms with Gasteiger partial charge >= 0.3 is 0 Å². The number of hydrogen-bond donors (Lipinski definition) is 1. The fraction of sp³-hybridized carbons (Fsp3) is 0.500. The van der Waals surface area contributed by atoms with Crippen molar-refractivity contribution in [3.63, 3.8) is 0 Å². The first-order chi connectivity index (χ1) is 12.0. The molecule has 1 atom stereocenters. The molecule has 0 fully saturated rings. The quantitative estimate of drug-likeness (QED) is 0.889. The van der Waals surface area contributed by atoms with Crippen LogP contribution >= 0.6 is 0 Å². The van der Waals surface area contributed by atoms with Crippen LogP contribution in [0, 0.1) is 0 Å². The fourth-order valence-electron chi connectivity index (χ4n) is 3.55. The molecule has 1 aromatic rings. The molecule has 0 bridgehead atoms. The molecule has 0 saturated heterocycles. The summed E-state index contributed by atoms with van der Waals surface area (Å²) < 4.78 is 11.5. The maximum Gasteiger partial charge on any atom is 0.225 e. The van der Waals surface area contributed by atoms with Crippen molar-refractivity contribution < 1.29 is 19.1 Å². The van der Waals surface area contributed by atoms with E-state index in [1.165, 1.54) is 0 Å². The number of rotatable bonds is 5. The summed E-state index contributed by atoms with van der Waals surface area (Å²) in [5.74, 6) is 1.25. The molecule has 0 aromatic heterocycles. The lowest BCUT2D eigenvalue weighted by atomic mass is 9.78. The van der Waals surface area contributed by atoms with Gasteiger partial charge in [-0.3, -0.25) is 9.59 Å². The number of benzene rings is 1. The Bertz CT molecular complexity index is 720. The number of nitrogens with one attached hydrogen (secondary N) is 1. The minimum Gasteiger partial charge on any atom is -0.490 e. The van der Waals surface area contributed by atoms with Gasteiger partial charge in [0.25, 0.3) is 0 Å². The van der Waals surface area contributed by atoms with Crippen LogP contribution in [0.2, 0.25) is 0 Å². The van der Waals surface area contributed by atoms with Gasteiger partial charge in [0.05, 0.1) is 12.7 Å². The van der Waals surface area contributed by atoms with Crippen molar-refractivity contribution in [3.05, 3.63) is 35.0 Å². The third-order valence-corrected chi connectivity index (χ3v) is 4.52. The van der Waals surface area contributed by atoms with Crippen molar-refractivity contribution in [2.24, 2.45) is 0 Å². The maximum absolute atomic E-state index is 12.5. The van der Waals surface area contributed by atoms with Gasteiger partial charge in [-0.25, -0.2) is 0 Å². The highest BCUT2D eigenvalue weighted by atomic mass is 16.5. The van der Waals surface area contributed by atoms with E-state index in [1.54, 1.807) is 0 Å². The lowest BCUT2D eigenvalue weighted by Crippen LogP contribution is -2.36. The minimum atomic E-state index is -0.205. The topological polar surface area (TPSA) is 64.6 Å². The molecule has 1 aliphatic carbocycles. The van der Waals surface area contributed by atoms with Crippen molar-refractivity contribution in [1.29, 1.82) is 0 Å². The van der Waals surface area contributed by atoms with Crippen molar-refractivity contribution in [2.75, 3.05) is 6.61 Å². The molecule has 0 radical (unpaired) electrons. The summed E-state index contributed by atoms with van der Waals surface area (Å²) in [6, 6.07) is 5.73. The maximum atomic E-state index is 12.5. The van der Waals surface area contributed by atoms with Gasteiger partial charge in [-0.05, 0) is 51.3 Å². The largest absolute Gasteiger partial charge is 0.490 e. The van der Waals surface area contributed by atoms with Crippen LogP contribution in [-0.2, 0) is 9.59 Å². The van der Waals surface area contributed by atoms with Crippen LogP contribution in [0.3, 0.4) is 0 Å². The van der Waals surface area contributed by atoms with Gasteiger partial charge in [0.1, 0.15) is 0 Å². The molecule has 0 spiro atoms. The van der Waals surface area contributed by atoms with Crippen LogP contribution in [0.1, 0.15) is 57.9 Å². The van der Waals surface area contributed by atoms with E-state index in [1.807, 2.05) is 39.0 Å². The summed E-state index contributed by atoms with van der Waals surface area (Å²) in [5, 5.41) is 2.89. The predicted molar refractivity (Wildman–Crippen MR) is 94.8 cm³/mol. The number of ether oxygens (including phenoxy) is 2. The summed E-state index contributed by atoms with van der Waals surface area (Å²) in [5.41, 5.74) is 2.50. The molecule has 5 nitrogen and oxygen atoms in total. The summed E-state index contributed by atoms with van der Waals surface area (Å²) in [6.07, 6.45) is 2.45. The summed E-state index contributed by atoms with van der Waals surface area (Å²) in [6.45, 7) is 6.38. The van der Waals surface area contributed by atoms with Gasteiger partial charge in [-0.15, -0.1) is 0 Å². The first-order valence-corrected chi connectivity index (χ1v) is 8.99. The molecular weight excluding hydrogens is 318 g/mol. The number of Topliss-reactive ketones (excluding diaryl/α,β-unsaturated/α-hetero) is 1. The van der Waals surface area contributed by atoms with Gasteiger partial charge in [0, 0.05) is 30.0 Å². The molecule has 0 unspecified atom stereocenters. The highest BCUT2D eigenvalue weighted by Crippen LogP contribution is 2.40. The summed E-state index contributed by atoms with van der Waals surface area (Å²) >= 11 is 0. The van der Waals surface area contributed by atoms with Crippen LogP contribution in [0.15, 0.2) is 29.5 Å². The van der Waals surface area contributed by atoms with E-state index >= 15 is 0 Å². The normalized spacial score (nSPS) is 20.4. The predicted octanol–water partition coefficient (Wildman–Crippen LogP) is 3.48. The van der Waals surface area contributed by atoms with Crippen LogP contribution in [0.25, 0.3) is 0 Å². The molecule has 25 heavy (non-hydrogen) atoms. The lowest BCUT2D eigenvalue weighted by Gasteiger charge is -2.31. The Morgan fingerprint density at radius 2 is 2.00 bits per heavy atom. The van der Waals surface area contributed by atoms with E-state index in [4.69, 9.17) is 9.47 Å². The molecule has 1 N–H and O–H groups in total. The average molecular weight is 343 g/mol. The standard InChI is InChI=1S/C20H25NO4/c1-4-24-18-10-13(8-9-17(18)25-12(2)3)14-11-19(23)21-15-6-5-7-16(22)20(14)15/h8-10,12,14H,4-7,11H2,1-3H3,(H,21,23)/t14-/m1/s1. The molecule has 5 heteroatoms. The van der Waals surface area contributed by atoms with Gasteiger partial charge in [-0.1, -0.05) is 6.07 Å². The Balaban J connectivity index is 2.00. The molecule has 3 rings (SSSR count). The summed E-state index contributed by atoms with van der Waals surface area (Å²) in [7, 11) is 0. The second-order valence-electron chi connectivity index (χ2n) is 6.78. The zero-order valence-electron chi connectivity index (χ0n) is 15.1. The van der Waals surface area contributed by atoms with Crippen molar-refractivity contribution >= 4 is 11.7 Å². The van der Waals surface area contributed by atoms with E-state index in [0.717, 1.165) is 29.7 Å². The van der Waals surface area contributed by atoms with E-state index in [2.05, 4.69) is 5.32 Å². The van der Waals surface area contributed by atoms with E-state index in [-0.39, 0.29) is 23.7 Å². The van der Waals surface area contributed by atoms with Gasteiger partial charge < -0.3 is 14.8 Å². The molecule has 1 amide bonds. The molecule has 2 aliphatic rings. The van der Waals surface area contributed by atoms with Gasteiger partial charge in [0.2, 0.25) is 5.91 Å². The molecular formula is C20H25NO4. The van der Waals surface area contributed by atoms with Crippen LogP contribution in [-0.4, -0.2) is 24.4 Å². The zero-order valence-corrected chi connectivity index (χ0v) is 15.1. The first kappa shape index (κ1) is 17.5. The number of carbonyl (C=O) groups is 2. The highest BCUT2D eigenvalue weighted by Gasteiger charge is 2.35. The molecule has 0 saturated carbocycles. The minimum absolute atomic E-state index is 0.0288. The zero-order chi connectivity index (χ0) is 18.0. The number of carbonyl (C=O) groups excluding carboxylic acids is 2. The number of hydrogen-bond acceptors (Lipinski definition) is 4. The Morgan fingerprint density at radius 1 is 1.20 bits per heavy atom. The van der Waals surface area contributed by atoms with Crippen molar-refractivity contribution in [1.82, 2.24) is 5.32 Å². The Labute approximate surface area is 148 Å². The Hall–Kier alpha value is -2.30. The second-order valence-corrected chi connectivity index (χ2v) is 6.78. The molecule has 1 heterocycles. The van der Waals surface area contributed by atoms with Crippen molar-refractivity contribution in [2.45, 2.75) is 58.5 Å². The van der Waals surface area contributed by atoms with Crippen LogP contribution < -0.4 is 14.8 Å². The Morgan fingerprint density at radius 3 is 2.72 bits per heavy atom. The summed E-state index contributed by atoms with van der Waals surface area (Å²) in [4.78, 5) is 24.6. The van der Waals surface area contributed by atoms with Crippen LogP contribution in [0.5, 0.6) is 11.5 Å². The Kier molecular flexibility index (Phi) is 5.11. The molecule has 1 aliphatic heterocycles. The van der Waals surface area contributed by atoms with Crippen molar-refractivity contribution in [3.8, 4) is 11.5 Å². The average Bonchev–Trinajstić information content (AvgIpc) is 2.55.